The molecule has 0 spiro atoms. The summed E-state index contributed by atoms with van der Waals surface area (Å²) >= 11 is 6.47. The topological polar surface area (TPSA) is 37.3 Å². The molecule has 5 heteroatoms. The van der Waals surface area contributed by atoms with Crippen LogP contribution in [0.1, 0.15) is 6.92 Å². The Kier molecular flexibility index (Phi) is 6.65. The molecule has 0 aromatic heterocycles. The molecule has 0 saturated heterocycles. The van der Waals surface area contributed by atoms with Gasteiger partial charge in [0.2, 0.25) is 0 Å². The van der Waals surface area contributed by atoms with Gasteiger partial charge in [0.05, 0.1) is 4.91 Å². The van der Waals surface area contributed by atoms with E-state index in [2.05, 4.69) is 15.9 Å². The Balaban J connectivity index is 4.43. The lowest BCUT2D eigenvalue weighted by Crippen LogP contribution is -1.87. The van der Waals surface area contributed by atoms with Crippen LogP contribution >= 0.6 is 27.5 Å². The van der Waals surface area contributed by atoms with Crippen LogP contribution in [0.25, 0.3) is 0 Å². The molecule has 68 valence electrons. The van der Waals surface area contributed by atoms with E-state index in [1.165, 1.54) is 6.08 Å². The van der Waals surface area contributed by atoms with Crippen molar-refractivity contribution in [3.05, 3.63) is 33.2 Å². The zero-order valence-electron chi connectivity index (χ0n) is 6.33. The van der Waals surface area contributed by atoms with Crippen LogP contribution in [-0.2, 0) is 11.1 Å². The van der Waals surface area contributed by atoms with Crippen molar-refractivity contribution in [3.8, 4) is 0 Å². The van der Waals surface area contributed by atoms with Crippen LogP contribution in [-0.4, -0.2) is 8.76 Å². The van der Waals surface area contributed by atoms with E-state index in [4.69, 9.17) is 16.2 Å². The van der Waals surface area contributed by atoms with Crippen LogP contribution in [0.2, 0.25) is 0 Å². The summed E-state index contributed by atoms with van der Waals surface area (Å²) in [6.07, 6.45) is 4.91. The van der Waals surface area contributed by atoms with Gasteiger partial charge in [-0.25, -0.2) is 4.21 Å². The fraction of sp³-hybridized carbons (Fsp3) is 0.143. The smallest absolute Gasteiger partial charge is 0.187 e. The van der Waals surface area contributed by atoms with Crippen molar-refractivity contribution < 1.29 is 8.76 Å². The lowest BCUT2D eigenvalue weighted by atomic mass is 10.4. The average molecular weight is 272 g/mol. The molecule has 0 aliphatic rings. The van der Waals surface area contributed by atoms with E-state index < -0.39 is 11.1 Å². The second-order valence-electron chi connectivity index (χ2n) is 1.77. The van der Waals surface area contributed by atoms with E-state index in [1.807, 2.05) is 13.0 Å². The van der Waals surface area contributed by atoms with E-state index in [0.29, 0.717) is 0 Å². The molecular formula is C7H8BrClO2S. The van der Waals surface area contributed by atoms with Crippen molar-refractivity contribution in [1.82, 2.24) is 0 Å². The minimum Gasteiger partial charge on any atom is -0.302 e. The summed E-state index contributed by atoms with van der Waals surface area (Å²) in [6, 6.07) is 0. The van der Waals surface area contributed by atoms with Gasteiger partial charge in [-0.2, -0.15) is 0 Å². The first-order valence-corrected chi connectivity index (χ1v) is 5.36. The van der Waals surface area contributed by atoms with E-state index >= 15 is 0 Å². The molecule has 0 aromatic carbocycles. The molecule has 0 aliphatic heterocycles. The third kappa shape index (κ3) is 4.87. The maximum Gasteiger partial charge on any atom is 0.187 e. The Morgan fingerprint density at radius 1 is 1.58 bits per heavy atom. The van der Waals surface area contributed by atoms with Gasteiger partial charge in [-0.3, -0.25) is 0 Å². The Bertz CT molecular complexity index is 258. The lowest BCUT2D eigenvalue weighted by molar-refractivity contribution is 0.572. The number of hydrogen-bond donors (Lipinski definition) is 1. The molecule has 0 rings (SSSR count). The third-order valence-corrected chi connectivity index (χ3v) is 2.74. The summed E-state index contributed by atoms with van der Waals surface area (Å²) in [7, 11) is 0. The van der Waals surface area contributed by atoms with Crippen LogP contribution in [0, 0.1) is 0 Å². The molecule has 1 N–H and O–H groups in total. The summed E-state index contributed by atoms with van der Waals surface area (Å²) in [5.74, 6) is 0. The van der Waals surface area contributed by atoms with Gasteiger partial charge in [0, 0.05) is 10.0 Å². The number of halogens is 2. The highest BCUT2D eigenvalue weighted by molar-refractivity contribution is 9.11. The second-order valence-corrected chi connectivity index (χ2v) is 3.87. The van der Waals surface area contributed by atoms with Crippen LogP contribution in [0.5, 0.6) is 0 Å². The quantitative estimate of drug-likeness (QED) is 0.632. The molecule has 0 heterocycles. The largest absolute Gasteiger partial charge is 0.302 e. The Labute approximate surface area is 87.4 Å². The molecule has 0 aliphatic carbocycles. The minimum atomic E-state index is -2.03. The maximum atomic E-state index is 10.5. The minimum absolute atomic E-state index is 0.162. The zero-order chi connectivity index (χ0) is 9.56. The van der Waals surface area contributed by atoms with E-state index in [9.17, 15) is 4.21 Å². The Morgan fingerprint density at radius 3 is 2.50 bits per heavy atom. The van der Waals surface area contributed by atoms with E-state index in [1.54, 1.807) is 6.08 Å². The summed E-state index contributed by atoms with van der Waals surface area (Å²) in [5, 5.41) is 0. The van der Waals surface area contributed by atoms with Crippen LogP contribution in [0.15, 0.2) is 33.2 Å². The van der Waals surface area contributed by atoms with E-state index in [0.717, 1.165) is 10.0 Å². The highest BCUT2D eigenvalue weighted by Crippen LogP contribution is 2.10. The van der Waals surface area contributed by atoms with Crippen LogP contribution < -0.4 is 0 Å². The fourth-order valence-electron chi connectivity index (χ4n) is 0.391. The maximum absolute atomic E-state index is 10.5. The molecular weight excluding hydrogens is 263 g/mol. The number of allylic oxidation sites excluding steroid dienone is 4. The average Bonchev–Trinajstić information content (AvgIpc) is 2.04. The number of hydrogen-bond acceptors (Lipinski definition) is 1. The van der Waals surface area contributed by atoms with Crippen LogP contribution in [0.3, 0.4) is 0 Å². The monoisotopic (exact) mass is 270 g/mol. The highest BCUT2D eigenvalue weighted by Gasteiger charge is 1.97. The molecule has 0 saturated carbocycles. The molecule has 1 atom stereocenters. The summed E-state index contributed by atoms with van der Waals surface area (Å²) < 4.78 is 20.0. The fourth-order valence-corrected chi connectivity index (χ4v) is 1.08. The first kappa shape index (κ1) is 12.1. The molecule has 12 heavy (non-hydrogen) atoms. The summed E-state index contributed by atoms with van der Waals surface area (Å²) in [6.45, 7) is 1.84. The van der Waals surface area contributed by atoms with Gasteiger partial charge >= 0.3 is 0 Å². The van der Waals surface area contributed by atoms with Gasteiger partial charge in [-0.15, -0.1) is 0 Å². The lowest BCUT2D eigenvalue weighted by Gasteiger charge is -1.91. The molecule has 0 amide bonds. The molecule has 2 nitrogen and oxygen atoms in total. The SMILES string of the molecule is C\C=C(Br)/C=C\C(=C\Cl)S(=O)O. The predicted octanol–water partition coefficient (Wildman–Crippen LogP) is 3.14. The molecule has 0 aromatic rings. The Hall–Kier alpha value is 0.1000. The van der Waals surface area contributed by atoms with Gasteiger partial charge < -0.3 is 4.55 Å². The Morgan fingerprint density at radius 2 is 2.17 bits per heavy atom. The zero-order valence-corrected chi connectivity index (χ0v) is 9.49. The predicted molar refractivity (Wildman–Crippen MR) is 56.5 cm³/mol. The van der Waals surface area contributed by atoms with Crippen LogP contribution in [0.4, 0.5) is 0 Å². The van der Waals surface area contributed by atoms with Gasteiger partial charge in [0.15, 0.2) is 11.1 Å². The van der Waals surface area contributed by atoms with Crippen molar-refractivity contribution >= 4 is 38.6 Å². The normalized spacial score (nSPS) is 17.0. The first-order chi connectivity index (χ1) is 5.61. The highest BCUT2D eigenvalue weighted by atomic mass is 79.9. The first-order valence-electron chi connectivity index (χ1n) is 3.03. The molecule has 0 bridgehead atoms. The van der Waals surface area contributed by atoms with Gasteiger partial charge in [0.1, 0.15) is 0 Å². The molecule has 0 radical (unpaired) electrons. The third-order valence-electron chi connectivity index (χ3n) is 0.992. The van der Waals surface area contributed by atoms with Gasteiger partial charge in [-0.1, -0.05) is 33.6 Å². The number of rotatable bonds is 3. The standard InChI is InChI=1S/C7H8BrClO2S/c1-2-6(8)3-4-7(5-9)12(10)11/h2-5H,1H3,(H,10,11)/b4-3-,6-2+,7-5-. The van der Waals surface area contributed by atoms with Crippen molar-refractivity contribution in [2.75, 3.05) is 0 Å². The second kappa shape index (κ2) is 6.60. The van der Waals surface area contributed by atoms with Gasteiger partial charge in [0.25, 0.3) is 0 Å². The van der Waals surface area contributed by atoms with Gasteiger partial charge in [-0.05, 0) is 19.1 Å². The summed E-state index contributed by atoms with van der Waals surface area (Å²) in [5.41, 5.74) is 1.07. The molecule has 1 unspecified atom stereocenters. The van der Waals surface area contributed by atoms with Crippen molar-refractivity contribution in [1.29, 1.82) is 0 Å². The van der Waals surface area contributed by atoms with E-state index in [-0.39, 0.29) is 4.91 Å². The van der Waals surface area contributed by atoms with Crippen molar-refractivity contribution in [2.45, 2.75) is 6.92 Å². The summed E-state index contributed by atoms with van der Waals surface area (Å²) in [4.78, 5) is 0.162. The van der Waals surface area contributed by atoms with Crippen molar-refractivity contribution in [3.63, 3.8) is 0 Å². The van der Waals surface area contributed by atoms with Crippen molar-refractivity contribution in [2.24, 2.45) is 0 Å². The molecule has 0 fully saturated rings.